The van der Waals surface area contributed by atoms with E-state index in [-0.39, 0.29) is 6.04 Å². The van der Waals surface area contributed by atoms with Gasteiger partial charge in [0.05, 0.1) is 17.2 Å². The van der Waals surface area contributed by atoms with Crippen LogP contribution in [0.4, 0.5) is 0 Å². The fraction of sp³-hybridized carbons (Fsp3) is 0.467. The summed E-state index contributed by atoms with van der Waals surface area (Å²) in [5.74, 6) is 0.962. The van der Waals surface area contributed by atoms with Crippen molar-refractivity contribution in [3.63, 3.8) is 0 Å². The standard InChI is InChI=1S/C15H18ClN3OS/c1-2-3-13-15(21-19-18-13)12(17)8-10-7-11(16)6-9-4-5-20-14(9)10/h6-7,12H,2-5,8,17H2,1H3. The van der Waals surface area contributed by atoms with E-state index in [9.17, 15) is 0 Å². The number of nitrogens with zero attached hydrogens (tertiary/aromatic N) is 2. The molecule has 2 N–H and O–H groups in total. The van der Waals surface area contributed by atoms with Gasteiger partial charge in [0.1, 0.15) is 5.75 Å². The van der Waals surface area contributed by atoms with Crippen LogP contribution in [0.5, 0.6) is 5.75 Å². The van der Waals surface area contributed by atoms with Gasteiger partial charge in [-0.2, -0.15) is 0 Å². The van der Waals surface area contributed by atoms with Gasteiger partial charge in [-0.15, -0.1) is 5.10 Å². The topological polar surface area (TPSA) is 61.0 Å². The first-order valence-electron chi connectivity index (χ1n) is 7.19. The van der Waals surface area contributed by atoms with Gasteiger partial charge in [0, 0.05) is 17.5 Å². The summed E-state index contributed by atoms with van der Waals surface area (Å²) in [6.45, 7) is 2.85. The lowest BCUT2D eigenvalue weighted by molar-refractivity contribution is 0.352. The minimum atomic E-state index is -0.113. The van der Waals surface area contributed by atoms with Crippen molar-refractivity contribution in [2.75, 3.05) is 6.61 Å². The molecule has 1 aliphatic rings. The number of hydrogen-bond acceptors (Lipinski definition) is 5. The first kappa shape index (κ1) is 14.8. The van der Waals surface area contributed by atoms with Crippen LogP contribution in [0, 0.1) is 0 Å². The van der Waals surface area contributed by atoms with Crippen molar-refractivity contribution in [1.29, 1.82) is 0 Å². The van der Waals surface area contributed by atoms with Gasteiger partial charge in [-0.25, -0.2) is 0 Å². The number of fused-ring (bicyclic) bond motifs is 1. The molecule has 1 aromatic heterocycles. The largest absolute Gasteiger partial charge is 0.493 e. The van der Waals surface area contributed by atoms with Crippen LogP contribution < -0.4 is 10.5 Å². The quantitative estimate of drug-likeness (QED) is 0.917. The summed E-state index contributed by atoms with van der Waals surface area (Å²) < 4.78 is 9.79. The Balaban J connectivity index is 1.85. The molecule has 0 saturated carbocycles. The van der Waals surface area contributed by atoms with E-state index in [1.54, 1.807) is 0 Å². The monoisotopic (exact) mass is 323 g/mol. The zero-order valence-corrected chi connectivity index (χ0v) is 13.5. The predicted molar refractivity (Wildman–Crippen MR) is 85.2 cm³/mol. The smallest absolute Gasteiger partial charge is 0.125 e. The first-order valence-corrected chi connectivity index (χ1v) is 8.35. The Bertz CT molecular complexity index is 644. The number of rotatable bonds is 5. The van der Waals surface area contributed by atoms with Crippen LogP contribution in [0.3, 0.4) is 0 Å². The van der Waals surface area contributed by atoms with Gasteiger partial charge in [0.15, 0.2) is 0 Å². The van der Waals surface area contributed by atoms with Gasteiger partial charge < -0.3 is 10.5 Å². The minimum Gasteiger partial charge on any atom is -0.493 e. The number of ether oxygens (including phenoxy) is 1. The van der Waals surface area contributed by atoms with E-state index < -0.39 is 0 Å². The molecule has 0 saturated heterocycles. The van der Waals surface area contributed by atoms with Gasteiger partial charge in [0.25, 0.3) is 0 Å². The molecule has 0 fully saturated rings. The van der Waals surface area contributed by atoms with Crippen LogP contribution in [-0.4, -0.2) is 16.2 Å². The third-order valence-corrected chi connectivity index (χ3v) is 4.79. The molecule has 1 aromatic carbocycles. The average Bonchev–Trinajstić information content (AvgIpc) is 3.07. The van der Waals surface area contributed by atoms with Gasteiger partial charge in [-0.1, -0.05) is 29.4 Å². The number of aromatic nitrogens is 2. The van der Waals surface area contributed by atoms with E-state index >= 15 is 0 Å². The molecule has 3 rings (SSSR count). The maximum Gasteiger partial charge on any atom is 0.125 e. The maximum absolute atomic E-state index is 6.38. The van der Waals surface area contributed by atoms with E-state index in [1.807, 2.05) is 12.1 Å². The summed E-state index contributed by atoms with van der Waals surface area (Å²) in [5, 5.41) is 4.94. The van der Waals surface area contributed by atoms with E-state index in [0.29, 0.717) is 6.42 Å². The number of aryl methyl sites for hydroxylation is 1. The van der Waals surface area contributed by atoms with Crippen LogP contribution in [0.25, 0.3) is 0 Å². The van der Waals surface area contributed by atoms with Crippen molar-refractivity contribution in [2.24, 2.45) is 5.73 Å². The Kier molecular flexibility index (Phi) is 4.42. The van der Waals surface area contributed by atoms with E-state index in [2.05, 4.69) is 16.5 Å². The highest BCUT2D eigenvalue weighted by atomic mass is 35.5. The Morgan fingerprint density at radius 1 is 1.48 bits per heavy atom. The molecule has 112 valence electrons. The van der Waals surface area contributed by atoms with Gasteiger partial charge in [-0.3, -0.25) is 0 Å². The molecule has 0 radical (unpaired) electrons. The van der Waals surface area contributed by atoms with E-state index in [1.165, 1.54) is 17.1 Å². The molecule has 1 atom stereocenters. The van der Waals surface area contributed by atoms with Crippen molar-refractivity contribution < 1.29 is 4.74 Å². The summed E-state index contributed by atoms with van der Waals surface area (Å²) in [6, 6.07) is 3.83. The molecule has 1 unspecified atom stereocenters. The fourth-order valence-corrected chi connectivity index (χ4v) is 3.69. The molecule has 1 aliphatic heterocycles. The maximum atomic E-state index is 6.38. The molecular weight excluding hydrogens is 306 g/mol. The lowest BCUT2D eigenvalue weighted by Crippen LogP contribution is -2.14. The van der Waals surface area contributed by atoms with E-state index in [0.717, 1.165) is 52.8 Å². The second-order valence-corrected chi connectivity index (χ2v) is 6.52. The summed E-state index contributed by atoms with van der Waals surface area (Å²) in [6.07, 6.45) is 3.58. The Labute approximate surface area is 133 Å². The molecule has 2 aromatic rings. The second kappa shape index (κ2) is 6.30. The summed E-state index contributed by atoms with van der Waals surface area (Å²) in [4.78, 5) is 1.07. The van der Waals surface area contributed by atoms with Crippen molar-refractivity contribution in [1.82, 2.24) is 9.59 Å². The highest BCUT2D eigenvalue weighted by molar-refractivity contribution is 7.05. The summed E-state index contributed by atoms with van der Waals surface area (Å²) in [5.41, 5.74) is 9.66. The zero-order chi connectivity index (χ0) is 14.8. The predicted octanol–water partition coefficient (Wildman–Crippen LogP) is 3.32. The summed E-state index contributed by atoms with van der Waals surface area (Å²) in [7, 11) is 0. The average molecular weight is 324 g/mol. The summed E-state index contributed by atoms with van der Waals surface area (Å²) >= 11 is 7.59. The lowest BCUT2D eigenvalue weighted by Gasteiger charge is -2.14. The molecule has 0 amide bonds. The van der Waals surface area contributed by atoms with Crippen molar-refractivity contribution in [3.8, 4) is 5.75 Å². The minimum absolute atomic E-state index is 0.113. The second-order valence-electron chi connectivity index (χ2n) is 5.30. The zero-order valence-electron chi connectivity index (χ0n) is 11.9. The molecule has 0 aliphatic carbocycles. The number of hydrogen-bond donors (Lipinski definition) is 1. The molecule has 6 heteroatoms. The number of nitrogens with two attached hydrogens (primary N) is 1. The highest BCUT2D eigenvalue weighted by Gasteiger charge is 2.22. The van der Waals surface area contributed by atoms with Gasteiger partial charge in [0.2, 0.25) is 0 Å². The molecular formula is C15H18ClN3OS. The Morgan fingerprint density at radius 2 is 2.33 bits per heavy atom. The van der Waals surface area contributed by atoms with Crippen LogP contribution in [0.1, 0.15) is 41.1 Å². The fourth-order valence-electron chi connectivity index (χ4n) is 2.73. The molecule has 21 heavy (non-hydrogen) atoms. The van der Waals surface area contributed by atoms with Crippen LogP contribution in [0.15, 0.2) is 12.1 Å². The number of halogens is 1. The SMILES string of the molecule is CCCc1nnsc1C(N)Cc1cc(Cl)cc2c1OCC2. The molecule has 4 nitrogen and oxygen atoms in total. The van der Waals surface area contributed by atoms with Gasteiger partial charge >= 0.3 is 0 Å². The molecule has 0 spiro atoms. The highest BCUT2D eigenvalue weighted by Crippen LogP contribution is 2.35. The molecule has 0 bridgehead atoms. The Hall–Kier alpha value is -1.17. The normalized spacial score (nSPS) is 14.8. The van der Waals surface area contributed by atoms with Crippen molar-refractivity contribution in [3.05, 3.63) is 38.9 Å². The third-order valence-electron chi connectivity index (χ3n) is 3.67. The Morgan fingerprint density at radius 3 is 3.14 bits per heavy atom. The van der Waals surface area contributed by atoms with Crippen LogP contribution in [0.2, 0.25) is 5.02 Å². The number of benzene rings is 1. The van der Waals surface area contributed by atoms with Crippen LogP contribution in [-0.2, 0) is 19.3 Å². The van der Waals surface area contributed by atoms with Crippen molar-refractivity contribution >= 4 is 23.1 Å². The van der Waals surface area contributed by atoms with Gasteiger partial charge in [-0.05, 0) is 47.6 Å². The van der Waals surface area contributed by atoms with E-state index in [4.69, 9.17) is 22.1 Å². The first-order chi connectivity index (χ1) is 10.2. The lowest BCUT2D eigenvalue weighted by atomic mass is 10.00. The van der Waals surface area contributed by atoms with Crippen molar-refractivity contribution in [2.45, 2.75) is 38.6 Å². The van der Waals surface area contributed by atoms with Crippen LogP contribution >= 0.6 is 23.1 Å². The third kappa shape index (κ3) is 3.05. The molecule has 2 heterocycles.